The smallest absolute Gasteiger partial charge is 0.271 e. The summed E-state index contributed by atoms with van der Waals surface area (Å²) in [4.78, 5) is 15.6. The van der Waals surface area contributed by atoms with Gasteiger partial charge in [-0.1, -0.05) is 45.9 Å². The van der Waals surface area contributed by atoms with Crippen molar-refractivity contribution < 1.29 is 4.79 Å². The number of rotatable bonds is 8. The number of benzene rings is 3. The minimum absolute atomic E-state index is 0.281. The van der Waals surface area contributed by atoms with Gasteiger partial charge in [-0.25, -0.2) is 4.31 Å². The third kappa shape index (κ3) is 5.82. The van der Waals surface area contributed by atoms with Crippen LogP contribution in [0.4, 0.5) is 17.1 Å². The minimum atomic E-state index is -0.309. The van der Waals surface area contributed by atoms with Crippen LogP contribution in [-0.2, 0) is 0 Å². The van der Waals surface area contributed by atoms with Crippen molar-refractivity contribution in [3.63, 3.8) is 0 Å². The van der Waals surface area contributed by atoms with Gasteiger partial charge in [0.05, 0.1) is 22.0 Å². The van der Waals surface area contributed by atoms with Gasteiger partial charge >= 0.3 is 0 Å². The van der Waals surface area contributed by atoms with Crippen molar-refractivity contribution in [2.45, 2.75) is 20.8 Å². The van der Waals surface area contributed by atoms with Crippen LogP contribution in [0.2, 0.25) is 10.0 Å². The predicted octanol–water partition coefficient (Wildman–Crippen LogP) is 8.14. The summed E-state index contributed by atoms with van der Waals surface area (Å²) in [6.07, 6.45) is 0. The molecule has 166 valence electrons. The lowest BCUT2D eigenvalue weighted by atomic mass is 10.2. The van der Waals surface area contributed by atoms with Crippen LogP contribution in [0, 0.1) is 6.92 Å². The fraction of sp³-hybridized carbons (Fsp3) is 0.208. The molecule has 32 heavy (non-hydrogen) atoms. The van der Waals surface area contributed by atoms with Crippen LogP contribution < -0.4 is 9.21 Å². The molecule has 0 atom stereocenters. The molecule has 0 saturated heterocycles. The van der Waals surface area contributed by atoms with E-state index in [1.807, 2.05) is 55.5 Å². The standard InChI is InChI=1S/C24H24Cl2N4OS/c1-4-29(5-2)19-11-13-20(14-12-19)30(24(31)21-15-10-18(25)16-22(21)26)32-28-27-23-9-7-6-8-17(23)3/h6-16H,4-5H2,1-3H3. The lowest BCUT2D eigenvalue weighted by Crippen LogP contribution is -2.24. The monoisotopic (exact) mass is 486 g/mol. The van der Waals surface area contributed by atoms with E-state index in [1.165, 1.54) is 4.31 Å². The Morgan fingerprint density at radius 2 is 1.59 bits per heavy atom. The Kier molecular flexibility index (Phi) is 8.56. The van der Waals surface area contributed by atoms with Crippen molar-refractivity contribution in [2.24, 2.45) is 9.63 Å². The van der Waals surface area contributed by atoms with Crippen LogP contribution in [-0.4, -0.2) is 19.0 Å². The summed E-state index contributed by atoms with van der Waals surface area (Å²) in [7, 11) is 0. The Bertz CT molecular complexity index is 1100. The molecule has 1 amide bonds. The molecule has 5 nitrogen and oxygen atoms in total. The van der Waals surface area contributed by atoms with Crippen LogP contribution in [0.15, 0.2) is 76.4 Å². The van der Waals surface area contributed by atoms with Gasteiger partial charge in [0, 0.05) is 23.8 Å². The number of amides is 1. The summed E-state index contributed by atoms with van der Waals surface area (Å²) >= 11 is 13.3. The fourth-order valence-corrected chi connectivity index (χ4v) is 4.21. The van der Waals surface area contributed by atoms with Gasteiger partial charge < -0.3 is 4.90 Å². The molecule has 0 heterocycles. The largest absolute Gasteiger partial charge is 0.372 e. The average Bonchev–Trinajstić information content (AvgIpc) is 2.79. The highest BCUT2D eigenvalue weighted by Gasteiger charge is 2.22. The quantitative estimate of drug-likeness (QED) is 0.238. The maximum Gasteiger partial charge on any atom is 0.271 e. The van der Waals surface area contributed by atoms with Gasteiger partial charge in [-0.15, -0.1) is 5.11 Å². The summed E-state index contributed by atoms with van der Waals surface area (Å²) in [5.41, 5.74) is 3.84. The summed E-state index contributed by atoms with van der Waals surface area (Å²) in [5, 5.41) is 5.04. The van der Waals surface area contributed by atoms with Crippen LogP contribution in [0.25, 0.3) is 0 Å². The molecular weight excluding hydrogens is 463 g/mol. The second-order valence-electron chi connectivity index (χ2n) is 6.96. The average molecular weight is 487 g/mol. The van der Waals surface area contributed by atoms with Gasteiger partial charge in [0.2, 0.25) is 0 Å². The number of aryl methyl sites for hydroxylation is 1. The first-order valence-corrected chi connectivity index (χ1v) is 11.7. The van der Waals surface area contributed by atoms with E-state index in [0.717, 1.165) is 42.2 Å². The molecular formula is C24H24Cl2N4OS. The topological polar surface area (TPSA) is 48.3 Å². The number of hydrogen-bond acceptors (Lipinski definition) is 5. The maximum atomic E-state index is 13.4. The Balaban J connectivity index is 1.93. The highest BCUT2D eigenvalue weighted by atomic mass is 35.5. The number of carbonyl (C=O) groups is 1. The first-order chi connectivity index (χ1) is 15.4. The molecule has 0 spiro atoms. The van der Waals surface area contributed by atoms with Crippen molar-refractivity contribution >= 4 is 58.3 Å². The molecule has 0 aliphatic rings. The number of carbonyl (C=O) groups excluding carboxylic acids is 1. The molecule has 0 aliphatic carbocycles. The van der Waals surface area contributed by atoms with E-state index < -0.39 is 0 Å². The first-order valence-electron chi connectivity index (χ1n) is 10.2. The van der Waals surface area contributed by atoms with Crippen LogP contribution in [0.5, 0.6) is 0 Å². The molecule has 0 N–H and O–H groups in total. The van der Waals surface area contributed by atoms with E-state index in [1.54, 1.807) is 18.2 Å². The normalized spacial score (nSPS) is 11.0. The van der Waals surface area contributed by atoms with Gasteiger partial charge in [0.25, 0.3) is 5.91 Å². The van der Waals surface area contributed by atoms with Crippen LogP contribution >= 0.6 is 35.3 Å². The molecule has 3 aromatic rings. The van der Waals surface area contributed by atoms with E-state index >= 15 is 0 Å². The molecule has 0 saturated carbocycles. The van der Waals surface area contributed by atoms with Gasteiger partial charge in [-0.3, -0.25) is 4.79 Å². The first kappa shape index (κ1) is 24.1. The van der Waals surface area contributed by atoms with Gasteiger partial charge in [-0.05, 0) is 74.9 Å². The lowest BCUT2D eigenvalue weighted by Gasteiger charge is -2.23. The number of halogens is 2. The zero-order valence-corrected chi connectivity index (χ0v) is 20.5. The van der Waals surface area contributed by atoms with Crippen molar-refractivity contribution in [1.29, 1.82) is 0 Å². The van der Waals surface area contributed by atoms with Gasteiger partial charge in [0.1, 0.15) is 12.1 Å². The molecule has 0 radical (unpaired) electrons. The Morgan fingerprint density at radius 3 is 2.22 bits per heavy atom. The molecule has 0 aliphatic heterocycles. The van der Waals surface area contributed by atoms with E-state index in [0.29, 0.717) is 16.3 Å². The second-order valence-corrected chi connectivity index (χ2v) is 8.50. The molecule has 0 unspecified atom stereocenters. The Hall–Kier alpha value is -2.54. The highest BCUT2D eigenvalue weighted by molar-refractivity contribution is 8.00. The van der Waals surface area contributed by atoms with E-state index in [9.17, 15) is 4.79 Å². The summed E-state index contributed by atoms with van der Waals surface area (Å²) in [6.45, 7) is 7.98. The van der Waals surface area contributed by atoms with E-state index in [-0.39, 0.29) is 10.9 Å². The van der Waals surface area contributed by atoms with Crippen LogP contribution in [0.1, 0.15) is 29.8 Å². The van der Waals surface area contributed by atoms with Gasteiger partial charge in [0.15, 0.2) is 0 Å². The summed E-state index contributed by atoms with van der Waals surface area (Å²) in [5.74, 6) is -0.309. The number of anilines is 2. The van der Waals surface area contributed by atoms with E-state index in [4.69, 9.17) is 23.2 Å². The number of nitrogens with zero attached hydrogens (tertiary/aromatic N) is 4. The third-order valence-corrected chi connectivity index (χ3v) is 6.18. The SMILES string of the molecule is CCN(CC)c1ccc(N(SN=Nc2ccccc2C)C(=O)c2ccc(Cl)cc2Cl)cc1. The minimum Gasteiger partial charge on any atom is -0.372 e. The summed E-state index contributed by atoms with van der Waals surface area (Å²) in [6, 6.07) is 20.3. The third-order valence-electron chi connectivity index (χ3n) is 4.94. The molecule has 3 rings (SSSR count). The zero-order chi connectivity index (χ0) is 23.1. The fourth-order valence-electron chi connectivity index (χ4n) is 3.14. The Morgan fingerprint density at radius 1 is 0.938 bits per heavy atom. The van der Waals surface area contributed by atoms with Crippen molar-refractivity contribution in [3.8, 4) is 0 Å². The Labute approximate surface area is 203 Å². The molecule has 0 fully saturated rings. The van der Waals surface area contributed by atoms with Crippen molar-refractivity contribution in [3.05, 3.63) is 87.9 Å². The number of hydrogen-bond donors (Lipinski definition) is 0. The molecule has 3 aromatic carbocycles. The lowest BCUT2D eigenvalue weighted by molar-refractivity contribution is 0.101. The van der Waals surface area contributed by atoms with E-state index in [2.05, 4.69) is 28.4 Å². The summed E-state index contributed by atoms with van der Waals surface area (Å²) < 4.78 is 5.71. The van der Waals surface area contributed by atoms with Crippen molar-refractivity contribution in [1.82, 2.24) is 0 Å². The zero-order valence-electron chi connectivity index (χ0n) is 18.1. The predicted molar refractivity (Wildman–Crippen MR) is 137 cm³/mol. The molecule has 0 aromatic heterocycles. The highest BCUT2D eigenvalue weighted by Crippen LogP contribution is 2.32. The van der Waals surface area contributed by atoms with Gasteiger partial charge in [-0.2, -0.15) is 0 Å². The maximum absolute atomic E-state index is 13.4. The molecule has 8 heteroatoms. The van der Waals surface area contributed by atoms with Crippen molar-refractivity contribution in [2.75, 3.05) is 22.3 Å². The second kappa shape index (κ2) is 11.4. The van der Waals surface area contributed by atoms with Crippen LogP contribution in [0.3, 0.4) is 0 Å². The molecule has 0 bridgehead atoms.